The van der Waals surface area contributed by atoms with E-state index in [2.05, 4.69) is 5.32 Å². The zero-order valence-corrected chi connectivity index (χ0v) is 10.2. The molecule has 0 aliphatic rings. The van der Waals surface area contributed by atoms with Crippen molar-refractivity contribution in [1.29, 1.82) is 0 Å². The van der Waals surface area contributed by atoms with Crippen LogP contribution in [0.4, 0.5) is 20.2 Å². The highest BCUT2D eigenvalue weighted by Gasteiger charge is 2.15. The van der Waals surface area contributed by atoms with Crippen molar-refractivity contribution in [3.05, 3.63) is 59.2 Å². The number of halogens is 2. The number of nitrogen functional groups attached to an aromatic ring is 1. The van der Waals surface area contributed by atoms with Crippen LogP contribution in [0.25, 0.3) is 0 Å². The van der Waals surface area contributed by atoms with Crippen molar-refractivity contribution in [1.82, 2.24) is 0 Å². The van der Waals surface area contributed by atoms with E-state index >= 15 is 0 Å². The van der Waals surface area contributed by atoms with Crippen LogP contribution in [0.15, 0.2) is 36.4 Å². The summed E-state index contributed by atoms with van der Waals surface area (Å²) in [6, 6.07) is 8.63. The number of nitrogens with two attached hydrogens (primary N) is 1. The maximum atomic E-state index is 13.5. The molecular formula is C14H12F2N2O. The summed E-state index contributed by atoms with van der Waals surface area (Å²) in [4.78, 5) is 11.9. The van der Waals surface area contributed by atoms with Gasteiger partial charge in [0.15, 0.2) is 0 Å². The quantitative estimate of drug-likeness (QED) is 0.817. The van der Waals surface area contributed by atoms with E-state index in [0.717, 1.165) is 11.6 Å². The van der Waals surface area contributed by atoms with Gasteiger partial charge in [-0.1, -0.05) is 12.1 Å². The molecule has 0 atom stereocenters. The largest absolute Gasteiger partial charge is 0.396 e. The lowest BCUT2D eigenvalue weighted by atomic mass is 10.1. The molecule has 0 aliphatic heterocycles. The molecule has 0 spiro atoms. The number of aryl methyl sites for hydroxylation is 1. The van der Waals surface area contributed by atoms with E-state index in [-0.39, 0.29) is 11.3 Å². The van der Waals surface area contributed by atoms with E-state index in [1.165, 1.54) is 0 Å². The second-order valence-corrected chi connectivity index (χ2v) is 4.18. The first-order valence-corrected chi connectivity index (χ1v) is 5.60. The van der Waals surface area contributed by atoms with Gasteiger partial charge in [-0.05, 0) is 30.7 Å². The predicted molar refractivity (Wildman–Crippen MR) is 69.9 cm³/mol. The lowest BCUT2D eigenvalue weighted by Gasteiger charge is -2.08. The topological polar surface area (TPSA) is 55.1 Å². The first kappa shape index (κ1) is 13.0. The molecular weight excluding hydrogens is 250 g/mol. The molecule has 0 aliphatic carbocycles. The van der Waals surface area contributed by atoms with Crippen LogP contribution in [0.2, 0.25) is 0 Å². The van der Waals surface area contributed by atoms with E-state index in [4.69, 9.17) is 5.73 Å². The number of hydrogen-bond acceptors (Lipinski definition) is 2. The number of anilines is 2. The minimum absolute atomic E-state index is 0.268. The van der Waals surface area contributed by atoms with Gasteiger partial charge in [-0.25, -0.2) is 8.78 Å². The fourth-order valence-electron chi connectivity index (χ4n) is 1.66. The Hall–Kier alpha value is -2.43. The summed E-state index contributed by atoms with van der Waals surface area (Å²) in [6.45, 7) is 1.87. The van der Waals surface area contributed by atoms with Crippen molar-refractivity contribution >= 4 is 17.3 Å². The molecule has 0 unspecified atom stereocenters. The predicted octanol–water partition coefficient (Wildman–Crippen LogP) is 3.11. The summed E-state index contributed by atoms with van der Waals surface area (Å²) in [6.07, 6.45) is 0. The first-order valence-electron chi connectivity index (χ1n) is 5.60. The van der Waals surface area contributed by atoms with Gasteiger partial charge < -0.3 is 11.1 Å². The summed E-state index contributed by atoms with van der Waals surface area (Å²) in [5.41, 5.74) is 6.25. The van der Waals surface area contributed by atoms with E-state index in [0.29, 0.717) is 11.8 Å². The number of hydrogen-bond donors (Lipinski definition) is 2. The molecule has 0 heterocycles. The Morgan fingerprint density at radius 3 is 2.58 bits per heavy atom. The zero-order valence-electron chi connectivity index (χ0n) is 10.2. The lowest BCUT2D eigenvalue weighted by molar-refractivity contribution is 0.102. The summed E-state index contributed by atoms with van der Waals surface area (Å²) < 4.78 is 26.5. The third kappa shape index (κ3) is 2.88. The van der Waals surface area contributed by atoms with Crippen LogP contribution in [0.3, 0.4) is 0 Å². The Morgan fingerprint density at radius 2 is 1.89 bits per heavy atom. The van der Waals surface area contributed by atoms with Gasteiger partial charge in [-0.3, -0.25) is 4.79 Å². The Morgan fingerprint density at radius 1 is 1.16 bits per heavy atom. The van der Waals surface area contributed by atoms with Crippen molar-refractivity contribution < 1.29 is 13.6 Å². The Bertz CT molecular complexity index is 641. The SMILES string of the molecule is Cc1cccc(NC(=O)c2cc(N)c(F)cc2F)c1. The van der Waals surface area contributed by atoms with Gasteiger partial charge in [0.25, 0.3) is 5.91 Å². The van der Waals surface area contributed by atoms with Crippen LogP contribution in [-0.2, 0) is 0 Å². The molecule has 0 bridgehead atoms. The molecule has 2 rings (SSSR count). The van der Waals surface area contributed by atoms with Gasteiger partial charge >= 0.3 is 0 Å². The fourth-order valence-corrected chi connectivity index (χ4v) is 1.66. The molecule has 98 valence electrons. The molecule has 0 saturated carbocycles. The average molecular weight is 262 g/mol. The van der Waals surface area contributed by atoms with Gasteiger partial charge in [0.1, 0.15) is 11.6 Å². The number of nitrogens with one attached hydrogen (secondary N) is 1. The van der Waals surface area contributed by atoms with Crippen LogP contribution < -0.4 is 11.1 Å². The summed E-state index contributed by atoms with van der Waals surface area (Å²) in [5, 5.41) is 2.53. The van der Waals surface area contributed by atoms with Crippen LogP contribution in [0.5, 0.6) is 0 Å². The lowest BCUT2D eigenvalue weighted by Crippen LogP contribution is -2.14. The average Bonchev–Trinajstić information content (AvgIpc) is 2.33. The summed E-state index contributed by atoms with van der Waals surface area (Å²) in [5.74, 6) is -2.50. The van der Waals surface area contributed by atoms with Crippen LogP contribution in [0.1, 0.15) is 15.9 Å². The zero-order chi connectivity index (χ0) is 14.0. The molecule has 0 aromatic heterocycles. The van der Waals surface area contributed by atoms with Crippen molar-refractivity contribution in [3.63, 3.8) is 0 Å². The molecule has 1 amide bonds. The second-order valence-electron chi connectivity index (χ2n) is 4.18. The maximum absolute atomic E-state index is 13.5. The van der Waals surface area contributed by atoms with Gasteiger partial charge in [-0.2, -0.15) is 0 Å². The minimum Gasteiger partial charge on any atom is -0.396 e. The van der Waals surface area contributed by atoms with Gasteiger partial charge in [0.2, 0.25) is 0 Å². The van der Waals surface area contributed by atoms with E-state index in [1.807, 2.05) is 13.0 Å². The number of rotatable bonds is 2. The maximum Gasteiger partial charge on any atom is 0.258 e. The van der Waals surface area contributed by atoms with Crippen molar-refractivity contribution in [3.8, 4) is 0 Å². The normalized spacial score (nSPS) is 10.3. The second kappa shape index (κ2) is 5.06. The molecule has 19 heavy (non-hydrogen) atoms. The minimum atomic E-state index is -0.947. The van der Waals surface area contributed by atoms with Crippen LogP contribution in [-0.4, -0.2) is 5.91 Å². The fraction of sp³-hybridized carbons (Fsp3) is 0.0714. The molecule has 0 saturated heterocycles. The first-order chi connectivity index (χ1) is 8.97. The molecule has 3 N–H and O–H groups in total. The molecule has 2 aromatic carbocycles. The number of amides is 1. The highest BCUT2D eigenvalue weighted by molar-refractivity contribution is 6.05. The summed E-state index contributed by atoms with van der Waals surface area (Å²) >= 11 is 0. The third-order valence-corrected chi connectivity index (χ3v) is 2.61. The molecule has 5 heteroatoms. The number of carbonyl (C=O) groups is 1. The molecule has 3 nitrogen and oxygen atoms in total. The van der Waals surface area contributed by atoms with Gasteiger partial charge in [-0.15, -0.1) is 0 Å². The Balaban J connectivity index is 2.28. The van der Waals surface area contributed by atoms with Gasteiger partial charge in [0, 0.05) is 11.8 Å². The molecule has 0 radical (unpaired) electrons. The van der Waals surface area contributed by atoms with Crippen LogP contribution in [0, 0.1) is 18.6 Å². The molecule has 0 fully saturated rings. The van der Waals surface area contributed by atoms with E-state index in [1.54, 1.807) is 18.2 Å². The molecule has 2 aromatic rings. The van der Waals surface area contributed by atoms with Crippen LogP contribution >= 0.6 is 0 Å². The van der Waals surface area contributed by atoms with E-state index in [9.17, 15) is 13.6 Å². The van der Waals surface area contributed by atoms with Crippen molar-refractivity contribution in [2.75, 3.05) is 11.1 Å². The van der Waals surface area contributed by atoms with Crippen molar-refractivity contribution in [2.24, 2.45) is 0 Å². The highest BCUT2D eigenvalue weighted by atomic mass is 19.1. The Labute approximate surface area is 109 Å². The summed E-state index contributed by atoms with van der Waals surface area (Å²) in [7, 11) is 0. The highest BCUT2D eigenvalue weighted by Crippen LogP contribution is 2.18. The van der Waals surface area contributed by atoms with Crippen molar-refractivity contribution in [2.45, 2.75) is 6.92 Å². The Kier molecular flexibility index (Phi) is 3.46. The smallest absolute Gasteiger partial charge is 0.258 e. The van der Waals surface area contributed by atoms with E-state index < -0.39 is 17.5 Å². The number of carbonyl (C=O) groups excluding carboxylic acids is 1. The third-order valence-electron chi connectivity index (χ3n) is 2.61. The number of benzene rings is 2. The van der Waals surface area contributed by atoms with Gasteiger partial charge in [0.05, 0.1) is 11.3 Å². The monoisotopic (exact) mass is 262 g/mol. The standard InChI is InChI=1S/C14H12F2N2O/c1-8-3-2-4-9(5-8)18-14(19)10-6-13(17)12(16)7-11(10)15/h2-7H,17H2,1H3,(H,18,19).